The molecule has 0 unspecified atom stereocenters. The summed E-state index contributed by atoms with van der Waals surface area (Å²) in [5, 5.41) is 13.6. The van der Waals surface area contributed by atoms with Gasteiger partial charge in [0.25, 0.3) is 0 Å². The second-order valence-corrected chi connectivity index (χ2v) is 4.69. The van der Waals surface area contributed by atoms with Gasteiger partial charge in [0.2, 0.25) is 0 Å². The van der Waals surface area contributed by atoms with E-state index in [1.165, 1.54) is 18.4 Å². The summed E-state index contributed by atoms with van der Waals surface area (Å²) in [6.07, 6.45) is 6.28. The smallest absolute Gasteiger partial charge is 0.171 e. The zero-order valence-electron chi connectivity index (χ0n) is 10.3. The first kappa shape index (κ1) is 11.0. The molecule has 0 spiro atoms. The van der Waals surface area contributed by atoms with Crippen LogP contribution in [0.1, 0.15) is 35.4 Å². The molecule has 0 amide bonds. The molecule has 4 nitrogen and oxygen atoms in total. The molecule has 0 radical (unpaired) electrons. The van der Waals surface area contributed by atoms with Gasteiger partial charge in [-0.2, -0.15) is 10.4 Å². The monoisotopic (exact) mass is 238 g/mol. The Morgan fingerprint density at radius 3 is 2.89 bits per heavy atom. The highest BCUT2D eigenvalue weighted by Gasteiger charge is 2.16. The van der Waals surface area contributed by atoms with Crippen molar-refractivity contribution in [2.75, 3.05) is 0 Å². The summed E-state index contributed by atoms with van der Waals surface area (Å²) >= 11 is 0. The van der Waals surface area contributed by atoms with E-state index in [0.717, 1.165) is 24.2 Å². The van der Waals surface area contributed by atoms with Gasteiger partial charge >= 0.3 is 0 Å². The number of aryl methyl sites for hydroxylation is 3. The number of hydrogen-bond donors (Lipinski definition) is 0. The van der Waals surface area contributed by atoms with Crippen LogP contribution in [0.5, 0.6) is 0 Å². The van der Waals surface area contributed by atoms with E-state index >= 15 is 0 Å². The van der Waals surface area contributed by atoms with Gasteiger partial charge in [0, 0.05) is 11.9 Å². The lowest BCUT2D eigenvalue weighted by Crippen LogP contribution is -2.11. The van der Waals surface area contributed by atoms with Gasteiger partial charge in [-0.15, -0.1) is 0 Å². The van der Waals surface area contributed by atoms with Gasteiger partial charge in [-0.05, 0) is 50.3 Å². The molecule has 1 aliphatic carbocycles. The van der Waals surface area contributed by atoms with Gasteiger partial charge in [0.05, 0.1) is 11.3 Å². The summed E-state index contributed by atoms with van der Waals surface area (Å²) in [5.41, 5.74) is 3.89. The van der Waals surface area contributed by atoms with Crippen molar-refractivity contribution in [1.82, 2.24) is 14.8 Å². The average Bonchev–Trinajstić information content (AvgIpc) is 2.83. The SMILES string of the molecule is Cc1ccn(-c2nc3c(cc2C#N)CCCC3)n1. The zero-order valence-corrected chi connectivity index (χ0v) is 10.3. The lowest BCUT2D eigenvalue weighted by atomic mass is 9.95. The Balaban J connectivity index is 2.16. The molecule has 2 heterocycles. The van der Waals surface area contributed by atoms with Crippen LogP contribution in [0.3, 0.4) is 0 Å². The lowest BCUT2D eigenvalue weighted by molar-refractivity contribution is 0.661. The summed E-state index contributed by atoms with van der Waals surface area (Å²) < 4.78 is 1.70. The molecule has 0 aliphatic heterocycles. The standard InChI is InChI=1S/C14H14N4/c1-10-6-7-18(17-10)14-12(9-15)8-11-4-2-3-5-13(11)16-14/h6-8H,2-5H2,1H3. The Kier molecular flexibility index (Phi) is 2.60. The van der Waals surface area contributed by atoms with E-state index < -0.39 is 0 Å². The molecule has 2 aromatic rings. The lowest BCUT2D eigenvalue weighted by Gasteiger charge is -2.16. The highest BCUT2D eigenvalue weighted by Crippen LogP contribution is 2.23. The molecule has 0 aromatic carbocycles. The maximum absolute atomic E-state index is 9.26. The number of rotatable bonds is 1. The number of hydrogen-bond acceptors (Lipinski definition) is 3. The Morgan fingerprint density at radius 2 is 2.17 bits per heavy atom. The molecule has 90 valence electrons. The fourth-order valence-corrected chi connectivity index (χ4v) is 2.41. The normalized spacial score (nSPS) is 14.0. The third kappa shape index (κ3) is 1.78. The van der Waals surface area contributed by atoms with E-state index in [9.17, 15) is 5.26 Å². The first-order chi connectivity index (χ1) is 8.78. The van der Waals surface area contributed by atoms with E-state index in [4.69, 9.17) is 0 Å². The van der Waals surface area contributed by atoms with Crippen molar-refractivity contribution >= 4 is 0 Å². The fraction of sp³-hybridized carbons (Fsp3) is 0.357. The minimum absolute atomic E-state index is 0.610. The fourth-order valence-electron chi connectivity index (χ4n) is 2.41. The van der Waals surface area contributed by atoms with Crippen LogP contribution in [0.15, 0.2) is 18.3 Å². The van der Waals surface area contributed by atoms with Crippen LogP contribution < -0.4 is 0 Å². The molecule has 0 atom stereocenters. The predicted molar refractivity (Wildman–Crippen MR) is 67.5 cm³/mol. The molecule has 18 heavy (non-hydrogen) atoms. The Bertz CT molecular complexity index is 634. The van der Waals surface area contributed by atoms with Gasteiger partial charge < -0.3 is 0 Å². The van der Waals surface area contributed by atoms with Crippen molar-refractivity contribution in [3.63, 3.8) is 0 Å². The number of aromatic nitrogens is 3. The predicted octanol–water partition coefficient (Wildman–Crippen LogP) is 2.33. The maximum Gasteiger partial charge on any atom is 0.171 e. The molecule has 0 N–H and O–H groups in total. The molecular formula is C14H14N4. The molecule has 0 saturated carbocycles. The molecule has 1 aliphatic rings. The van der Waals surface area contributed by atoms with Gasteiger partial charge in [-0.25, -0.2) is 9.67 Å². The highest BCUT2D eigenvalue weighted by molar-refractivity contribution is 5.47. The minimum atomic E-state index is 0.610. The molecule has 4 heteroatoms. The van der Waals surface area contributed by atoms with Crippen molar-refractivity contribution < 1.29 is 0 Å². The highest BCUT2D eigenvalue weighted by atomic mass is 15.3. The van der Waals surface area contributed by atoms with E-state index in [1.807, 2.05) is 25.3 Å². The van der Waals surface area contributed by atoms with Crippen molar-refractivity contribution in [2.24, 2.45) is 0 Å². The number of nitrogens with zero attached hydrogens (tertiary/aromatic N) is 4. The summed E-state index contributed by atoms with van der Waals surface area (Å²) in [6.45, 7) is 1.93. The summed E-state index contributed by atoms with van der Waals surface area (Å²) in [7, 11) is 0. The number of fused-ring (bicyclic) bond motifs is 1. The molecule has 2 aromatic heterocycles. The third-order valence-electron chi connectivity index (χ3n) is 3.34. The van der Waals surface area contributed by atoms with E-state index in [2.05, 4.69) is 16.2 Å². The molecule has 0 bridgehead atoms. The van der Waals surface area contributed by atoms with E-state index in [-0.39, 0.29) is 0 Å². The summed E-state index contributed by atoms with van der Waals surface area (Å²) in [4.78, 5) is 4.65. The van der Waals surface area contributed by atoms with Crippen LogP contribution in [0.4, 0.5) is 0 Å². The number of pyridine rings is 1. The zero-order chi connectivity index (χ0) is 12.5. The minimum Gasteiger partial charge on any atom is -0.232 e. The van der Waals surface area contributed by atoms with Crippen LogP contribution in [0, 0.1) is 18.3 Å². The van der Waals surface area contributed by atoms with Gasteiger partial charge in [-0.1, -0.05) is 0 Å². The van der Waals surface area contributed by atoms with Crippen molar-refractivity contribution in [2.45, 2.75) is 32.6 Å². The Morgan fingerprint density at radius 1 is 1.33 bits per heavy atom. The van der Waals surface area contributed by atoms with Crippen LogP contribution in [0.2, 0.25) is 0 Å². The van der Waals surface area contributed by atoms with Crippen LogP contribution in [0.25, 0.3) is 5.82 Å². The first-order valence-corrected chi connectivity index (χ1v) is 6.23. The Hall–Kier alpha value is -2.15. The molecule has 3 rings (SSSR count). The van der Waals surface area contributed by atoms with Gasteiger partial charge in [0.15, 0.2) is 5.82 Å². The van der Waals surface area contributed by atoms with Crippen LogP contribution in [-0.4, -0.2) is 14.8 Å². The molecule has 0 fully saturated rings. The van der Waals surface area contributed by atoms with Gasteiger partial charge in [-0.3, -0.25) is 0 Å². The summed E-state index contributed by atoms with van der Waals surface area (Å²) in [5.74, 6) is 0.659. The van der Waals surface area contributed by atoms with Crippen LogP contribution >= 0.6 is 0 Å². The average molecular weight is 238 g/mol. The quantitative estimate of drug-likeness (QED) is 0.766. The maximum atomic E-state index is 9.26. The molecular weight excluding hydrogens is 224 g/mol. The first-order valence-electron chi connectivity index (χ1n) is 6.23. The second kappa shape index (κ2) is 4.26. The van der Waals surface area contributed by atoms with E-state index in [1.54, 1.807) is 4.68 Å². The van der Waals surface area contributed by atoms with Crippen molar-refractivity contribution in [3.8, 4) is 11.9 Å². The summed E-state index contributed by atoms with van der Waals surface area (Å²) in [6, 6.07) is 6.13. The second-order valence-electron chi connectivity index (χ2n) is 4.69. The largest absolute Gasteiger partial charge is 0.232 e. The third-order valence-corrected chi connectivity index (χ3v) is 3.34. The topological polar surface area (TPSA) is 54.5 Å². The van der Waals surface area contributed by atoms with Crippen molar-refractivity contribution in [1.29, 1.82) is 5.26 Å². The van der Waals surface area contributed by atoms with Crippen LogP contribution in [-0.2, 0) is 12.8 Å². The molecule has 0 saturated heterocycles. The van der Waals surface area contributed by atoms with Gasteiger partial charge in [0.1, 0.15) is 6.07 Å². The van der Waals surface area contributed by atoms with Crippen molar-refractivity contribution in [3.05, 3.63) is 40.8 Å². The van der Waals surface area contributed by atoms with E-state index in [0.29, 0.717) is 11.4 Å². The Labute approximate surface area is 106 Å². The number of nitriles is 1.